The van der Waals surface area contributed by atoms with E-state index in [4.69, 9.17) is 4.74 Å². The molecule has 0 radical (unpaired) electrons. The molecule has 1 aromatic heterocycles. The fraction of sp³-hybridized carbons (Fsp3) is 0.160. The first-order valence-corrected chi connectivity index (χ1v) is 9.85. The van der Waals surface area contributed by atoms with E-state index in [-0.39, 0.29) is 11.3 Å². The van der Waals surface area contributed by atoms with Gasteiger partial charge in [-0.3, -0.25) is 19.5 Å². The van der Waals surface area contributed by atoms with Gasteiger partial charge < -0.3 is 9.84 Å². The SMILES string of the molecule is COc1ccccc1/C(O)=C1\C(=O)C(=O)N(c2cc(C)cc(C)c2)C1c1cccnc1. The van der Waals surface area contributed by atoms with Crippen molar-refractivity contribution in [2.75, 3.05) is 12.0 Å². The van der Waals surface area contributed by atoms with Crippen LogP contribution in [0.3, 0.4) is 0 Å². The Hall–Kier alpha value is -3.93. The van der Waals surface area contributed by atoms with E-state index in [2.05, 4.69) is 4.98 Å². The molecule has 31 heavy (non-hydrogen) atoms. The number of amides is 1. The molecule has 1 amide bonds. The van der Waals surface area contributed by atoms with E-state index in [1.54, 1.807) is 48.8 Å². The third-order valence-electron chi connectivity index (χ3n) is 5.29. The number of pyridine rings is 1. The summed E-state index contributed by atoms with van der Waals surface area (Å²) in [7, 11) is 1.48. The number of rotatable bonds is 4. The Bertz CT molecular complexity index is 1180. The van der Waals surface area contributed by atoms with E-state index >= 15 is 0 Å². The maximum absolute atomic E-state index is 13.2. The quantitative estimate of drug-likeness (QED) is 0.390. The van der Waals surface area contributed by atoms with Crippen LogP contribution in [-0.2, 0) is 9.59 Å². The molecule has 0 bridgehead atoms. The number of benzene rings is 2. The maximum Gasteiger partial charge on any atom is 0.300 e. The summed E-state index contributed by atoms with van der Waals surface area (Å²) in [5.74, 6) is -1.33. The Kier molecular flexibility index (Phi) is 5.29. The summed E-state index contributed by atoms with van der Waals surface area (Å²) in [6, 6.07) is 15.2. The Morgan fingerprint density at radius 2 is 1.74 bits per heavy atom. The number of ketones is 1. The summed E-state index contributed by atoms with van der Waals surface area (Å²) in [5.41, 5.74) is 3.49. The molecule has 1 unspecified atom stereocenters. The summed E-state index contributed by atoms with van der Waals surface area (Å²) in [6.45, 7) is 3.86. The zero-order chi connectivity index (χ0) is 22.1. The van der Waals surface area contributed by atoms with E-state index in [1.807, 2.05) is 32.0 Å². The largest absolute Gasteiger partial charge is 0.507 e. The van der Waals surface area contributed by atoms with Crippen LogP contribution in [0.4, 0.5) is 5.69 Å². The predicted molar refractivity (Wildman–Crippen MR) is 118 cm³/mol. The zero-order valence-corrected chi connectivity index (χ0v) is 17.5. The number of Topliss-reactive ketones (excluding diaryl/α,β-unsaturated/α-hetero) is 1. The van der Waals surface area contributed by atoms with Crippen molar-refractivity contribution < 1.29 is 19.4 Å². The second kappa shape index (κ2) is 8.07. The highest BCUT2D eigenvalue weighted by Gasteiger charge is 2.47. The van der Waals surface area contributed by atoms with Crippen molar-refractivity contribution in [3.8, 4) is 5.75 Å². The summed E-state index contributed by atoms with van der Waals surface area (Å²) in [4.78, 5) is 32.0. The molecular weight excluding hydrogens is 392 g/mol. The van der Waals surface area contributed by atoms with Crippen LogP contribution in [0.15, 0.2) is 72.6 Å². The normalized spacial score (nSPS) is 17.8. The fourth-order valence-corrected chi connectivity index (χ4v) is 4.03. The molecule has 0 spiro atoms. The summed E-state index contributed by atoms with van der Waals surface area (Å²) in [5, 5.41) is 11.2. The number of methoxy groups -OCH3 is 1. The number of para-hydroxylation sites is 1. The van der Waals surface area contributed by atoms with Crippen molar-refractivity contribution >= 4 is 23.1 Å². The molecule has 0 aliphatic carbocycles. The number of aliphatic hydroxyl groups excluding tert-OH is 1. The number of anilines is 1. The van der Waals surface area contributed by atoms with Gasteiger partial charge in [0, 0.05) is 18.1 Å². The van der Waals surface area contributed by atoms with Gasteiger partial charge in [0.2, 0.25) is 0 Å². The van der Waals surface area contributed by atoms with Crippen molar-refractivity contribution in [2.45, 2.75) is 19.9 Å². The molecule has 6 nitrogen and oxygen atoms in total. The third-order valence-corrected chi connectivity index (χ3v) is 5.29. The molecule has 6 heteroatoms. The molecule has 1 N–H and O–H groups in total. The number of carbonyl (C=O) groups is 2. The summed E-state index contributed by atoms with van der Waals surface area (Å²) < 4.78 is 5.36. The Balaban J connectivity index is 1.98. The van der Waals surface area contributed by atoms with Crippen molar-refractivity contribution in [3.05, 3.63) is 94.8 Å². The lowest BCUT2D eigenvalue weighted by molar-refractivity contribution is -0.132. The lowest BCUT2D eigenvalue weighted by atomic mass is 9.95. The molecule has 1 aliphatic heterocycles. The van der Waals surface area contributed by atoms with Gasteiger partial charge in [-0.25, -0.2) is 0 Å². The van der Waals surface area contributed by atoms with Crippen molar-refractivity contribution in [1.82, 2.24) is 4.98 Å². The minimum Gasteiger partial charge on any atom is -0.507 e. The van der Waals surface area contributed by atoms with Gasteiger partial charge in [-0.2, -0.15) is 0 Å². The number of carbonyl (C=O) groups excluding carboxylic acids is 2. The van der Waals surface area contributed by atoms with E-state index in [1.165, 1.54) is 12.0 Å². The molecule has 2 aromatic carbocycles. The number of aliphatic hydroxyl groups is 1. The van der Waals surface area contributed by atoms with Gasteiger partial charge in [0.15, 0.2) is 0 Å². The number of nitrogens with zero attached hydrogens (tertiary/aromatic N) is 2. The van der Waals surface area contributed by atoms with Crippen LogP contribution in [0, 0.1) is 13.8 Å². The molecule has 156 valence electrons. The zero-order valence-electron chi connectivity index (χ0n) is 17.5. The fourth-order valence-electron chi connectivity index (χ4n) is 4.03. The molecule has 1 saturated heterocycles. The molecule has 0 saturated carbocycles. The number of hydrogen-bond donors (Lipinski definition) is 1. The van der Waals surface area contributed by atoms with E-state index in [0.717, 1.165) is 11.1 Å². The second-order valence-corrected chi connectivity index (χ2v) is 7.50. The predicted octanol–water partition coefficient (Wildman–Crippen LogP) is 4.33. The maximum atomic E-state index is 13.2. The van der Waals surface area contributed by atoms with Crippen LogP contribution >= 0.6 is 0 Å². The standard InChI is InChI=1S/C25H22N2O4/c1-15-11-16(2)13-18(12-15)27-22(17-7-6-10-26-14-17)21(24(29)25(27)30)23(28)19-8-4-5-9-20(19)31-3/h4-14,22,28H,1-3H3/b23-21+. The number of hydrogen-bond acceptors (Lipinski definition) is 5. The molecule has 3 aromatic rings. The minimum atomic E-state index is -0.820. The van der Waals surface area contributed by atoms with Gasteiger partial charge in [-0.1, -0.05) is 24.3 Å². The van der Waals surface area contributed by atoms with Crippen molar-refractivity contribution in [2.24, 2.45) is 0 Å². The smallest absolute Gasteiger partial charge is 0.300 e. The van der Waals surface area contributed by atoms with Gasteiger partial charge in [0.05, 0.1) is 24.3 Å². The number of aryl methyl sites for hydroxylation is 2. The average molecular weight is 414 g/mol. The molecule has 2 heterocycles. The highest BCUT2D eigenvalue weighted by atomic mass is 16.5. The van der Waals surface area contributed by atoms with Crippen LogP contribution in [0.1, 0.15) is 28.3 Å². The second-order valence-electron chi connectivity index (χ2n) is 7.50. The molecule has 1 fully saturated rings. The molecule has 4 rings (SSSR count). The van der Waals surface area contributed by atoms with Crippen LogP contribution in [0.25, 0.3) is 5.76 Å². The lowest BCUT2D eigenvalue weighted by Crippen LogP contribution is -2.29. The van der Waals surface area contributed by atoms with Crippen LogP contribution in [0.5, 0.6) is 5.75 Å². The monoisotopic (exact) mass is 414 g/mol. The van der Waals surface area contributed by atoms with Crippen LogP contribution < -0.4 is 9.64 Å². The summed E-state index contributed by atoms with van der Waals surface area (Å²) in [6.07, 6.45) is 3.22. The van der Waals surface area contributed by atoms with Gasteiger partial charge in [0.1, 0.15) is 11.5 Å². The number of ether oxygens (including phenoxy) is 1. The van der Waals surface area contributed by atoms with Gasteiger partial charge in [0.25, 0.3) is 11.7 Å². The van der Waals surface area contributed by atoms with Crippen molar-refractivity contribution in [1.29, 1.82) is 0 Å². The van der Waals surface area contributed by atoms with E-state index < -0.39 is 17.7 Å². The topological polar surface area (TPSA) is 79.7 Å². The lowest BCUT2D eigenvalue weighted by Gasteiger charge is -2.26. The minimum absolute atomic E-state index is 0.00154. The highest BCUT2D eigenvalue weighted by molar-refractivity contribution is 6.51. The van der Waals surface area contributed by atoms with Gasteiger partial charge in [-0.05, 0) is 60.9 Å². The first kappa shape index (κ1) is 20.3. The number of aromatic nitrogens is 1. The summed E-state index contributed by atoms with van der Waals surface area (Å²) >= 11 is 0. The molecular formula is C25H22N2O4. The average Bonchev–Trinajstić information content (AvgIpc) is 3.04. The Labute approximate surface area is 180 Å². The Morgan fingerprint density at radius 3 is 2.39 bits per heavy atom. The molecule has 1 aliphatic rings. The molecule has 1 atom stereocenters. The third kappa shape index (κ3) is 3.57. The first-order chi connectivity index (χ1) is 14.9. The van der Waals surface area contributed by atoms with Crippen LogP contribution in [-0.4, -0.2) is 28.9 Å². The van der Waals surface area contributed by atoms with Gasteiger partial charge in [-0.15, -0.1) is 0 Å². The van der Waals surface area contributed by atoms with Gasteiger partial charge >= 0.3 is 0 Å². The van der Waals surface area contributed by atoms with Crippen molar-refractivity contribution in [3.63, 3.8) is 0 Å². The van der Waals surface area contributed by atoms with E-state index in [0.29, 0.717) is 22.6 Å². The Morgan fingerprint density at radius 1 is 1.03 bits per heavy atom. The highest BCUT2D eigenvalue weighted by Crippen LogP contribution is 2.43. The van der Waals surface area contributed by atoms with Crippen LogP contribution in [0.2, 0.25) is 0 Å². The van der Waals surface area contributed by atoms with E-state index in [9.17, 15) is 14.7 Å². The first-order valence-electron chi connectivity index (χ1n) is 9.85.